The van der Waals surface area contributed by atoms with Crippen LogP contribution >= 0.6 is 34.3 Å². The molecular weight excluding hydrogens is 388 g/mol. The summed E-state index contributed by atoms with van der Waals surface area (Å²) in [7, 11) is -3.46. The molecule has 0 bridgehead atoms. The van der Waals surface area contributed by atoms with Crippen LogP contribution in [0.25, 0.3) is 10.3 Å². The molecule has 3 aromatic heterocycles. The normalized spacial score (nSPS) is 16.8. The lowest BCUT2D eigenvalue weighted by Gasteiger charge is -2.33. The van der Waals surface area contributed by atoms with Crippen molar-refractivity contribution in [2.24, 2.45) is 0 Å². The summed E-state index contributed by atoms with van der Waals surface area (Å²) in [4.78, 5) is 11.9. The molecule has 0 atom stereocenters. The van der Waals surface area contributed by atoms with Gasteiger partial charge in [0.2, 0.25) is 0 Å². The number of thiophene rings is 1. The van der Waals surface area contributed by atoms with Gasteiger partial charge in [0, 0.05) is 32.4 Å². The lowest BCUT2D eigenvalue weighted by molar-refractivity contribution is 0.386. The Morgan fingerprint density at radius 1 is 1.08 bits per heavy atom. The highest BCUT2D eigenvalue weighted by Gasteiger charge is 2.30. The van der Waals surface area contributed by atoms with Crippen molar-refractivity contribution in [1.82, 2.24) is 14.3 Å². The van der Waals surface area contributed by atoms with Crippen LogP contribution in [0, 0.1) is 0 Å². The summed E-state index contributed by atoms with van der Waals surface area (Å²) >= 11 is 8.49. The van der Waals surface area contributed by atoms with Gasteiger partial charge in [-0.2, -0.15) is 4.31 Å². The van der Waals surface area contributed by atoms with Crippen molar-refractivity contribution in [2.45, 2.75) is 4.21 Å². The zero-order chi connectivity index (χ0) is 16.7. The van der Waals surface area contributed by atoms with Crippen LogP contribution < -0.4 is 4.90 Å². The first-order valence-corrected chi connectivity index (χ1v) is 10.7. The van der Waals surface area contributed by atoms with Crippen molar-refractivity contribution in [1.29, 1.82) is 0 Å². The van der Waals surface area contributed by atoms with Crippen LogP contribution in [0.5, 0.6) is 0 Å². The number of piperazine rings is 1. The number of sulfonamides is 1. The van der Waals surface area contributed by atoms with E-state index in [-0.39, 0.29) is 0 Å². The van der Waals surface area contributed by atoms with Gasteiger partial charge in [0.15, 0.2) is 5.13 Å². The van der Waals surface area contributed by atoms with Crippen LogP contribution in [0.3, 0.4) is 0 Å². The van der Waals surface area contributed by atoms with E-state index in [1.165, 1.54) is 15.6 Å². The number of hydrogen-bond donors (Lipinski definition) is 0. The molecule has 126 valence electrons. The highest BCUT2D eigenvalue weighted by Crippen LogP contribution is 2.31. The van der Waals surface area contributed by atoms with E-state index in [0.29, 0.717) is 34.7 Å². The van der Waals surface area contributed by atoms with Crippen LogP contribution in [-0.4, -0.2) is 48.9 Å². The third-order valence-electron chi connectivity index (χ3n) is 3.81. The van der Waals surface area contributed by atoms with Crippen LogP contribution in [0.4, 0.5) is 5.13 Å². The number of anilines is 1. The van der Waals surface area contributed by atoms with Gasteiger partial charge in [0.1, 0.15) is 14.6 Å². The Labute approximate surface area is 152 Å². The average molecular weight is 401 g/mol. The summed E-state index contributed by atoms with van der Waals surface area (Å²) in [6, 6.07) is 6.98. The largest absolute Gasteiger partial charge is 0.345 e. The molecule has 1 fully saturated rings. The quantitative estimate of drug-likeness (QED) is 0.676. The van der Waals surface area contributed by atoms with Gasteiger partial charge in [0.05, 0.1) is 4.34 Å². The molecule has 0 saturated carbocycles. The molecule has 1 saturated heterocycles. The lowest BCUT2D eigenvalue weighted by atomic mass is 10.4. The number of nitrogens with zero attached hydrogens (tertiary/aromatic N) is 4. The Kier molecular flexibility index (Phi) is 4.21. The summed E-state index contributed by atoms with van der Waals surface area (Å²) in [5.74, 6) is 0. The van der Waals surface area contributed by atoms with Gasteiger partial charge in [-0.15, -0.1) is 11.3 Å². The predicted octanol–water partition coefficient (Wildman–Crippen LogP) is 2.92. The number of halogens is 1. The molecule has 4 rings (SSSR count). The summed E-state index contributed by atoms with van der Waals surface area (Å²) in [6.07, 6.45) is 1.75. The zero-order valence-corrected chi connectivity index (χ0v) is 15.6. The summed E-state index contributed by atoms with van der Waals surface area (Å²) in [5, 5.41) is 0.889. The Morgan fingerprint density at radius 3 is 2.54 bits per heavy atom. The van der Waals surface area contributed by atoms with E-state index in [4.69, 9.17) is 11.6 Å². The van der Waals surface area contributed by atoms with Gasteiger partial charge in [0.25, 0.3) is 10.0 Å². The molecule has 0 spiro atoms. The van der Waals surface area contributed by atoms with Crippen LogP contribution in [0.15, 0.2) is 34.7 Å². The molecule has 0 aliphatic carbocycles. The number of thiazole rings is 1. The first-order valence-electron chi connectivity index (χ1n) is 7.26. The van der Waals surface area contributed by atoms with E-state index < -0.39 is 10.0 Å². The van der Waals surface area contributed by atoms with Crippen molar-refractivity contribution < 1.29 is 8.42 Å². The Bertz CT molecular complexity index is 944. The maximum absolute atomic E-state index is 12.6. The van der Waals surface area contributed by atoms with E-state index >= 15 is 0 Å². The molecule has 4 heterocycles. The molecule has 6 nitrogen and oxygen atoms in total. The minimum absolute atomic E-state index is 0.296. The van der Waals surface area contributed by atoms with E-state index in [2.05, 4.69) is 14.9 Å². The summed E-state index contributed by atoms with van der Waals surface area (Å²) in [6.45, 7) is 2.08. The van der Waals surface area contributed by atoms with Crippen molar-refractivity contribution in [3.63, 3.8) is 0 Å². The van der Waals surface area contributed by atoms with E-state index in [0.717, 1.165) is 26.8 Å². The molecule has 0 N–H and O–H groups in total. The first kappa shape index (κ1) is 16.2. The van der Waals surface area contributed by atoms with E-state index in [9.17, 15) is 8.42 Å². The van der Waals surface area contributed by atoms with Gasteiger partial charge in [-0.25, -0.2) is 18.4 Å². The third-order valence-corrected chi connectivity index (χ3v) is 8.44. The number of pyridine rings is 1. The molecule has 3 aromatic rings. The SMILES string of the molecule is O=S(=O)(c1ccc(Cl)s1)N1CCN(c2nc3cccnc3s2)CC1. The van der Waals surface area contributed by atoms with Gasteiger partial charge < -0.3 is 4.90 Å². The molecule has 1 aliphatic rings. The van der Waals surface area contributed by atoms with Crippen molar-refractivity contribution in [3.05, 3.63) is 34.8 Å². The molecule has 10 heteroatoms. The van der Waals surface area contributed by atoms with E-state index in [1.54, 1.807) is 18.3 Å². The standard InChI is InChI=1S/C14H13ClN4O2S3/c15-11-3-4-12(22-11)24(20,21)19-8-6-18(7-9-19)14-17-10-2-1-5-16-13(10)23-14/h1-5H,6-9H2. The number of aromatic nitrogens is 2. The van der Waals surface area contributed by atoms with Gasteiger partial charge in [-0.1, -0.05) is 22.9 Å². The Hall–Kier alpha value is -1.26. The van der Waals surface area contributed by atoms with Crippen LogP contribution in [-0.2, 0) is 10.0 Å². The van der Waals surface area contributed by atoms with Gasteiger partial charge in [-0.05, 0) is 24.3 Å². The second-order valence-electron chi connectivity index (χ2n) is 5.27. The van der Waals surface area contributed by atoms with Gasteiger partial charge >= 0.3 is 0 Å². The fourth-order valence-electron chi connectivity index (χ4n) is 2.58. The highest BCUT2D eigenvalue weighted by atomic mass is 35.5. The fraction of sp³-hybridized carbons (Fsp3) is 0.286. The molecule has 0 aromatic carbocycles. The van der Waals surface area contributed by atoms with Crippen LogP contribution in [0.1, 0.15) is 0 Å². The van der Waals surface area contributed by atoms with Crippen molar-refractivity contribution in [3.8, 4) is 0 Å². The molecule has 0 amide bonds. The predicted molar refractivity (Wildman–Crippen MR) is 97.7 cm³/mol. The molecule has 1 aliphatic heterocycles. The zero-order valence-electron chi connectivity index (χ0n) is 12.4. The van der Waals surface area contributed by atoms with Crippen molar-refractivity contribution >= 4 is 59.8 Å². The molecule has 0 unspecified atom stereocenters. The second kappa shape index (κ2) is 6.23. The first-order chi connectivity index (χ1) is 11.5. The average Bonchev–Trinajstić information content (AvgIpc) is 3.21. The lowest BCUT2D eigenvalue weighted by Crippen LogP contribution is -2.48. The summed E-state index contributed by atoms with van der Waals surface area (Å²) < 4.78 is 27.5. The smallest absolute Gasteiger partial charge is 0.252 e. The molecular formula is C14H13ClN4O2S3. The second-order valence-corrected chi connectivity index (χ2v) is 10.1. The Morgan fingerprint density at radius 2 is 1.88 bits per heavy atom. The topological polar surface area (TPSA) is 66.4 Å². The van der Waals surface area contributed by atoms with Crippen molar-refractivity contribution in [2.75, 3.05) is 31.1 Å². The monoisotopic (exact) mass is 400 g/mol. The fourth-order valence-corrected chi connectivity index (χ4v) is 6.60. The minimum Gasteiger partial charge on any atom is -0.345 e. The number of hydrogen-bond acceptors (Lipinski definition) is 7. The number of rotatable bonds is 3. The maximum atomic E-state index is 12.6. The highest BCUT2D eigenvalue weighted by molar-refractivity contribution is 7.91. The third kappa shape index (κ3) is 2.91. The minimum atomic E-state index is -3.46. The Balaban J connectivity index is 1.50. The molecule has 24 heavy (non-hydrogen) atoms. The summed E-state index contributed by atoms with van der Waals surface area (Å²) in [5.41, 5.74) is 0.876. The van der Waals surface area contributed by atoms with Gasteiger partial charge in [-0.3, -0.25) is 0 Å². The maximum Gasteiger partial charge on any atom is 0.252 e. The molecule has 0 radical (unpaired) electrons. The van der Waals surface area contributed by atoms with Crippen LogP contribution in [0.2, 0.25) is 4.34 Å². The van der Waals surface area contributed by atoms with E-state index in [1.807, 2.05) is 12.1 Å². The number of fused-ring (bicyclic) bond motifs is 1.